The molecule has 8 atom stereocenters. The molecule has 590 valence electrons. The van der Waals surface area contributed by atoms with Crippen LogP contribution >= 0.6 is 0 Å². The lowest BCUT2D eigenvalue weighted by molar-refractivity contribution is -0.142. The number of carboxylic acid groups (broad SMARTS) is 2. The molecule has 1 fully saturated rings. The van der Waals surface area contributed by atoms with Crippen molar-refractivity contribution >= 4 is 103 Å². The topological polar surface area (TPSA) is 448 Å². The third-order valence-corrected chi connectivity index (χ3v) is 19.7. The van der Waals surface area contributed by atoms with Gasteiger partial charge in [0.05, 0.1) is 46.9 Å². The van der Waals surface area contributed by atoms with Gasteiger partial charge in [0.25, 0.3) is 17.7 Å². The molecule has 5 aromatic carbocycles. The number of aromatic carboxylic acids is 1. The molecule has 6 rings (SSSR count). The number of carbonyl (C=O) groups is 14. The monoisotopic (exact) mass is 1530 g/mol. The van der Waals surface area contributed by atoms with E-state index in [9.17, 15) is 85.8 Å². The zero-order valence-electron chi connectivity index (χ0n) is 62.2. The van der Waals surface area contributed by atoms with Crippen LogP contribution in [0.3, 0.4) is 0 Å². The van der Waals surface area contributed by atoms with Crippen LogP contribution in [0.25, 0.3) is 10.8 Å². The van der Waals surface area contributed by atoms with Crippen LogP contribution in [0.2, 0.25) is 0 Å². The molecule has 0 heterocycles. The first kappa shape index (κ1) is 90.4. The summed E-state index contributed by atoms with van der Waals surface area (Å²) >= 11 is 0. The molecule has 13 N–H and O–H groups in total. The van der Waals surface area contributed by atoms with E-state index in [1.54, 1.807) is 105 Å². The van der Waals surface area contributed by atoms with Gasteiger partial charge in [0.15, 0.2) is 15.9 Å². The van der Waals surface area contributed by atoms with Crippen molar-refractivity contribution in [3.05, 3.63) is 162 Å². The number of hydrogen-bond donors (Lipinski definition) is 12. The number of primary amides is 1. The number of amides is 10. The third-order valence-electron chi connectivity index (χ3n) is 17.9. The van der Waals surface area contributed by atoms with Crippen molar-refractivity contribution in [3.63, 3.8) is 0 Å². The van der Waals surface area contributed by atoms with Gasteiger partial charge in [-0.1, -0.05) is 210 Å². The number of aliphatic carboxylic acids is 1. The Bertz CT molecular complexity index is 4130. The number of allylic oxidation sites excluding steroid dienone is 2. The van der Waals surface area contributed by atoms with Gasteiger partial charge in [-0.25, -0.2) is 18.0 Å². The van der Waals surface area contributed by atoms with Crippen LogP contribution in [0.15, 0.2) is 144 Å². The van der Waals surface area contributed by atoms with E-state index in [0.717, 1.165) is 18.2 Å². The van der Waals surface area contributed by atoms with Gasteiger partial charge in [-0.2, -0.15) is 0 Å². The van der Waals surface area contributed by atoms with Gasteiger partial charge in [-0.15, -0.1) is 0 Å². The number of rotatable bonds is 40. The van der Waals surface area contributed by atoms with Gasteiger partial charge in [0.2, 0.25) is 52.9 Å². The lowest BCUT2D eigenvalue weighted by Crippen LogP contribution is -2.60. The van der Waals surface area contributed by atoms with Crippen molar-refractivity contribution in [2.24, 2.45) is 35.3 Å². The average Bonchev–Trinajstić information content (AvgIpc) is 0.797. The molecule has 1 aliphatic rings. The molecule has 0 saturated heterocycles. The van der Waals surface area contributed by atoms with E-state index >= 15 is 0 Å². The zero-order chi connectivity index (χ0) is 79.8. The zero-order valence-corrected chi connectivity index (χ0v) is 63.0. The summed E-state index contributed by atoms with van der Waals surface area (Å²) in [7, 11) is -4.38. The van der Waals surface area contributed by atoms with Crippen LogP contribution in [0, 0.1) is 29.6 Å². The Morgan fingerprint density at radius 3 is 1.47 bits per heavy atom. The first-order valence-corrected chi connectivity index (χ1v) is 38.0. The summed E-state index contributed by atoms with van der Waals surface area (Å²) < 4.78 is 28.1. The molecule has 28 nitrogen and oxygen atoms in total. The Morgan fingerprint density at radius 1 is 0.505 bits per heavy atom. The van der Waals surface area contributed by atoms with Crippen molar-refractivity contribution in [1.29, 1.82) is 0 Å². The second-order valence-corrected chi connectivity index (χ2v) is 29.8. The first-order valence-electron chi connectivity index (χ1n) is 36.3. The van der Waals surface area contributed by atoms with Gasteiger partial charge in [0.1, 0.15) is 24.2 Å². The lowest BCUT2D eigenvalue weighted by atomic mass is 9.83. The Labute approximate surface area is 636 Å². The molecule has 0 bridgehead atoms. The summed E-state index contributed by atoms with van der Waals surface area (Å²) in [5.41, 5.74) is 5.67. The summed E-state index contributed by atoms with van der Waals surface area (Å²) in [5, 5.41) is 42.8. The van der Waals surface area contributed by atoms with E-state index in [4.69, 9.17) is 5.73 Å². The second-order valence-electron chi connectivity index (χ2n) is 27.8. The fourth-order valence-electron chi connectivity index (χ4n) is 12.1. The number of benzene rings is 5. The second kappa shape index (κ2) is 45.0. The van der Waals surface area contributed by atoms with Crippen LogP contribution in [-0.4, -0.2) is 150 Å². The number of Topliss-reactive ketones (excluding diaryl/α,β-unsaturated/α-hetero) is 2. The molecule has 10 amide bonds. The fraction of sp³-hybridized carbons (Fsp3) is 0.450. The average molecular weight is 1530 g/mol. The minimum absolute atomic E-state index is 0. The van der Waals surface area contributed by atoms with Crippen LogP contribution in [0.5, 0.6) is 0 Å². The molecule has 3 unspecified atom stereocenters. The molecule has 0 spiro atoms. The molecule has 1 aliphatic carbocycles. The number of nitrogens with two attached hydrogens (primary N) is 1. The minimum atomic E-state index is -4.38. The smallest absolute Gasteiger partial charge is 0.336 e. The maximum atomic E-state index is 14.3. The van der Waals surface area contributed by atoms with Gasteiger partial charge in [0, 0.05) is 5.92 Å². The summed E-state index contributed by atoms with van der Waals surface area (Å²) in [5.74, 6) is -14.7. The normalized spacial score (nSPS) is 14.4. The Balaban J connectivity index is 0.000000484. The van der Waals surface area contributed by atoms with Crippen molar-refractivity contribution in [2.45, 2.75) is 187 Å². The van der Waals surface area contributed by atoms with Gasteiger partial charge >= 0.3 is 11.9 Å². The first-order chi connectivity index (χ1) is 51.3. The maximum Gasteiger partial charge on any atom is 0.336 e. The van der Waals surface area contributed by atoms with Gasteiger partial charge in [-0.05, 0) is 115 Å². The Hall–Kier alpha value is -11.0. The van der Waals surface area contributed by atoms with Gasteiger partial charge < -0.3 is 63.8 Å². The number of fused-ring (bicyclic) bond motifs is 1. The Morgan fingerprint density at radius 2 is 0.972 bits per heavy atom. The maximum absolute atomic E-state index is 14.3. The number of nitrogens with one attached hydrogen (secondary N) is 9. The lowest BCUT2D eigenvalue weighted by Gasteiger charge is -2.31. The van der Waals surface area contributed by atoms with Crippen LogP contribution in [0.4, 0.5) is 0 Å². The highest BCUT2D eigenvalue weighted by Gasteiger charge is 2.39. The predicted molar refractivity (Wildman–Crippen MR) is 410 cm³/mol. The summed E-state index contributed by atoms with van der Waals surface area (Å²) in [4.78, 5) is 182. The fourth-order valence-corrected chi connectivity index (χ4v) is 13.6. The van der Waals surface area contributed by atoms with Crippen LogP contribution in [0.1, 0.15) is 184 Å². The van der Waals surface area contributed by atoms with Gasteiger partial charge in [-0.3, -0.25) is 57.5 Å². The summed E-state index contributed by atoms with van der Waals surface area (Å²) in [6.45, 7) is 14.0. The molecular formula is C80H106N10O18S. The Kier molecular flexibility index (Phi) is 37.3. The van der Waals surface area contributed by atoms with Crippen molar-refractivity contribution < 1.29 is 85.8 Å². The molecule has 29 heteroatoms. The molecule has 0 aromatic heterocycles. The quantitative estimate of drug-likeness (QED) is 0.0141. The van der Waals surface area contributed by atoms with E-state index in [-0.39, 0.29) is 66.4 Å². The van der Waals surface area contributed by atoms with Crippen LogP contribution < -0.4 is 53.6 Å². The molecule has 0 radical (unpaired) electrons. The highest BCUT2D eigenvalue weighted by molar-refractivity contribution is 7.91. The summed E-state index contributed by atoms with van der Waals surface area (Å²) in [6.07, 6.45) is 9.88. The number of sulfone groups is 1. The molecule has 1 saturated carbocycles. The number of ketones is 2. The van der Waals surface area contributed by atoms with E-state index < -0.39 is 154 Å². The standard InChI is InChI=1S/C45H50N6O11S.C34H52N4O7.CH4/c1-2-13-34(39(53)44(58)47-25-36(52)50-37(40(46)54)28-15-5-3-6-16-28)48-42(56)35(26-63(61,62)31-23-22-27-14-9-10-19-30(27)24-31)49-43(57)38(29-17-7-4-8-18-29)51-41(55)32-20-11-12-21-33(32)45(59)60;1-8-14-26(30(40)33(43)35-20-28(39)38-29(34(44)45)24-16-10-9-11-17-24)36-32(42)27(19-22(4)5)37-31(41)25(23(6)7)18-13-12-15-21(2)3;/h3,5-6,9-12,14-16,19-24,29,34-35,37-38H,2,4,7-8,13,17-18,25-26H2,1H3,(H2,46,54)(H,47,58)(H,48,56)(H,49,57)(H,50,52)(H,51,55)(H,59,60);9-13,16-17,21-23,25-27,29H,8,14-15,18-20H2,1-7H3,(H,35,43)(H,36,42)(H,37,41)(H,38,39)(H,44,45);1H4/b;13-12+;/t34?,35-,37-,38-;25?,26?,27-,29-;/m00./s1. The molecule has 0 aliphatic heterocycles. The van der Waals surface area contributed by atoms with E-state index in [2.05, 4.69) is 67.8 Å². The number of carboxylic acids is 2. The van der Waals surface area contributed by atoms with E-state index in [0.29, 0.717) is 67.4 Å². The van der Waals surface area contributed by atoms with E-state index in [1.807, 2.05) is 33.8 Å². The van der Waals surface area contributed by atoms with E-state index in [1.165, 1.54) is 36.4 Å². The third kappa shape index (κ3) is 28.9. The molecular weight excluding hydrogens is 1420 g/mol. The number of hydrogen-bond acceptors (Lipinski definition) is 16. The molecule has 5 aromatic rings. The summed E-state index contributed by atoms with van der Waals surface area (Å²) in [6, 6.07) is 23.5. The number of carbonyl (C=O) groups excluding carboxylic acids is 12. The molecule has 109 heavy (non-hydrogen) atoms. The van der Waals surface area contributed by atoms with Crippen molar-refractivity contribution in [3.8, 4) is 0 Å². The highest BCUT2D eigenvalue weighted by atomic mass is 32.2. The predicted octanol–water partition coefficient (Wildman–Crippen LogP) is 6.82. The van der Waals surface area contributed by atoms with Crippen molar-refractivity contribution in [1.82, 2.24) is 47.9 Å². The minimum Gasteiger partial charge on any atom is -0.479 e. The van der Waals surface area contributed by atoms with Crippen LogP contribution in [-0.2, 0) is 67.4 Å². The SMILES string of the molecule is C.CCCC(NC(=O)[C@H](CC(C)C)NC(=O)C(C/C=C/CC(C)C)C(C)C)C(=O)C(=O)NCC(=O)N[C@H](C(=O)O)c1ccccc1.CCCC(NC(=O)[C@H](CS(=O)(=O)c1ccc2ccccc2c1)NC(=O)[C@@H](NC(=O)c1ccccc1C(=O)O)C1CCCCC1)C(=O)C(=O)NCC(=O)N[C@H](C(N)=O)c1ccccc1. The van der Waals surface area contributed by atoms with Crippen molar-refractivity contribution in [2.75, 3.05) is 18.8 Å². The largest absolute Gasteiger partial charge is 0.479 e. The highest BCUT2D eigenvalue weighted by Crippen LogP contribution is 2.28.